The summed E-state index contributed by atoms with van der Waals surface area (Å²) in [6.07, 6.45) is 0.212. The molecular weight excluding hydrogens is 635 g/mol. The van der Waals surface area contributed by atoms with Crippen LogP contribution in [0.1, 0.15) is 43.7 Å². The van der Waals surface area contributed by atoms with Crippen LogP contribution in [0.15, 0.2) is 65.0 Å². The van der Waals surface area contributed by atoms with E-state index in [-0.39, 0.29) is 75.4 Å². The third-order valence-corrected chi connectivity index (χ3v) is 8.64. The quantitative estimate of drug-likeness (QED) is 0.262. The zero-order valence-corrected chi connectivity index (χ0v) is 27.5. The maximum Gasteiger partial charge on any atom is 0.334 e. The van der Waals surface area contributed by atoms with Gasteiger partial charge in [-0.1, -0.05) is 47.5 Å². The Labute approximate surface area is 277 Å². The SMILES string of the molecule is COc1ccccc1CCC1=C(C(=O)O)C(c2c(Cl)cccc2Cl)C(C(=O)O)=C(CC(=O)N2CCN(CC(=O)NC(C)C)CC2)N1. The number of carboxylic acid groups (broad SMARTS) is 2. The standard InChI is InChI=1S/C33H38Cl2N4O7/c1-19(2)36-26(40)18-38-13-15-39(16-14-38)27(41)17-24-30(33(44)45)31(28-21(34)8-6-9-22(28)35)29(32(42)43)23(37-24)12-11-20-7-4-5-10-25(20)46-3/h4-10,19,31,37H,11-18H2,1-3H3,(H,36,40)(H,42,43)(H,44,45). The molecular formula is C33H38Cl2N4O7. The van der Waals surface area contributed by atoms with Crippen molar-refractivity contribution in [2.75, 3.05) is 39.8 Å². The van der Waals surface area contributed by atoms with E-state index >= 15 is 0 Å². The summed E-state index contributed by atoms with van der Waals surface area (Å²) in [4.78, 5) is 55.2. The molecule has 0 radical (unpaired) electrons. The number of nitrogens with zero attached hydrogens (tertiary/aromatic N) is 2. The molecule has 11 nitrogen and oxygen atoms in total. The third kappa shape index (κ3) is 8.20. The fraction of sp³-hybridized carbons (Fsp3) is 0.394. The van der Waals surface area contributed by atoms with Gasteiger partial charge in [-0.15, -0.1) is 0 Å². The van der Waals surface area contributed by atoms with Crippen molar-refractivity contribution in [2.45, 2.75) is 45.1 Å². The number of hydrogen-bond donors (Lipinski definition) is 4. The molecule has 1 saturated heterocycles. The van der Waals surface area contributed by atoms with Crippen molar-refractivity contribution in [2.24, 2.45) is 0 Å². The molecule has 13 heteroatoms. The molecule has 0 aromatic heterocycles. The minimum absolute atomic E-state index is 0.0230. The first-order chi connectivity index (χ1) is 21.9. The van der Waals surface area contributed by atoms with E-state index in [9.17, 15) is 29.4 Å². The number of rotatable bonds is 12. The van der Waals surface area contributed by atoms with Crippen LogP contribution in [0.4, 0.5) is 0 Å². The Morgan fingerprint density at radius 3 is 2.11 bits per heavy atom. The highest BCUT2D eigenvalue weighted by Gasteiger charge is 2.41. The number of carboxylic acids is 2. The number of aryl methyl sites for hydroxylation is 1. The van der Waals surface area contributed by atoms with E-state index < -0.39 is 17.9 Å². The number of ether oxygens (including phenoxy) is 1. The molecule has 46 heavy (non-hydrogen) atoms. The Bertz CT molecular complexity index is 1540. The molecule has 4 rings (SSSR count). The molecule has 2 aromatic rings. The van der Waals surface area contributed by atoms with Gasteiger partial charge < -0.3 is 30.5 Å². The first kappa shape index (κ1) is 34.8. The Morgan fingerprint density at radius 1 is 0.913 bits per heavy atom. The zero-order valence-electron chi connectivity index (χ0n) is 25.9. The van der Waals surface area contributed by atoms with E-state index in [0.717, 1.165) is 5.56 Å². The summed E-state index contributed by atoms with van der Waals surface area (Å²) >= 11 is 13.1. The summed E-state index contributed by atoms with van der Waals surface area (Å²) in [5.74, 6) is -3.91. The number of allylic oxidation sites excluding steroid dienone is 1. The van der Waals surface area contributed by atoms with Gasteiger partial charge in [0.05, 0.1) is 37.1 Å². The molecule has 2 amide bonds. The van der Waals surface area contributed by atoms with Gasteiger partial charge in [0.1, 0.15) is 5.75 Å². The normalized spacial score (nSPS) is 17.2. The van der Waals surface area contributed by atoms with Gasteiger partial charge in [0.15, 0.2) is 0 Å². The number of methoxy groups -OCH3 is 1. The molecule has 246 valence electrons. The van der Waals surface area contributed by atoms with Gasteiger partial charge in [0.2, 0.25) is 11.8 Å². The second-order valence-electron chi connectivity index (χ2n) is 11.5. The molecule has 1 unspecified atom stereocenters. The van der Waals surface area contributed by atoms with Crippen LogP contribution in [0.25, 0.3) is 0 Å². The second kappa shape index (κ2) is 15.5. The van der Waals surface area contributed by atoms with Crippen molar-refractivity contribution in [3.63, 3.8) is 0 Å². The van der Waals surface area contributed by atoms with E-state index in [1.165, 1.54) is 12.1 Å². The summed E-state index contributed by atoms with van der Waals surface area (Å²) < 4.78 is 5.47. The maximum atomic E-state index is 13.6. The molecule has 2 aromatic carbocycles. The van der Waals surface area contributed by atoms with E-state index in [1.54, 1.807) is 24.1 Å². The minimum Gasteiger partial charge on any atom is -0.496 e. The van der Waals surface area contributed by atoms with E-state index in [2.05, 4.69) is 10.6 Å². The lowest BCUT2D eigenvalue weighted by Crippen LogP contribution is -2.51. The summed E-state index contributed by atoms with van der Waals surface area (Å²) in [5.41, 5.74) is 0.736. The first-order valence-electron chi connectivity index (χ1n) is 15.0. The molecule has 2 heterocycles. The van der Waals surface area contributed by atoms with Crippen molar-refractivity contribution in [1.82, 2.24) is 20.4 Å². The average Bonchev–Trinajstić information content (AvgIpc) is 2.99. The lowest BCUT2D eigenvalue weighted by Gasteiger charge is -2.36. The van der Waals surface area contributed by atoms with Gasteiger partial charge in [-0.05, 0) is 50.5 Å². The fourth-order valence-corrected chi connectivity index (χ4v) is 6.50. The third-order valence-electron chi connectivity index (χ3n) is 7.99. The molecule has 2 aliphatic heterocycles. The van der Waals surface area contributed by atoms with E-state index in [1.807, 2.05) is 36.9 Å². The van der Waals surface area contributed by atoms with Crippen LogP contribution in [0.2, 0.25) is 10.0 Å². The van der Waals surface area contributed by atoms with Gasteiger partial charge in [-0.3, -0.25) is 14.5 Å². The predicted octanol–water partition coefficient (Wildman–Crippen LogP) is 4.06. The molecule has 0 bridgehead atoms. The lowest BCUT2D eigenvalue weighted by atomic mass is 9.78. The Kier molecular flexibility index (Phi) is 11.7. The van der Waals surface area contributed by atoms with Crippen LogP contribution in [0, 0.1) is 0 Å². The molecule has 1 atom stereocenters. The molecule has 2 aliphatic rings. The Morgan fingerprint density at radius 2 is 1.52 bits per heavy atom. The summed E-state index contributed by atoms with van der Waals surface area (Å²) in [5, 5.41) is 27.1. The number of halogens is 2. The van der Waals surface area contributed by atoms with Crippen LogP contribution in [-0.4, -0.2) is 89.6 Å². The number of amides is 2. The Balaban J connectivity index is 1.68. The van der Waals surface area contributed by atoms with Crippen LogP contribution < -0.4 is 15.4 Å². The van der Waals surface area contributed by atoms with Gasteiger partial charge in [-0.25, -0.2) is 9.59 Å². The number of benzene rings is 2. The average molecular weight is 674 g/mol. The van der Waals surface area contributed by atoms with Gasteiger partial charge in [0.25, 0.3) is 0 Å². The van der Waals surface area contributed by atoms with E-state index in [0.29, 0.717) is 38.3 Å². The number of carbonyl (C=O) groups excluding carboxylic acids is 2. The van der Waals surface area contributed by atoms with Crippen molar-refractivity contribution in [3.05, 3.63) is 86.2 Å². The highest BCUT2D eigenvalue weighted by molar-refractivity contribution is 6.36. The summed E-state index contributed by atoms with van der Waals surface area (Å²) in [7, 11) is 1.54. The number of dihydropyridines is 1. The fourth-order valence-electron chi connectivity index (χ4n) is 5.88. The lowest BCUT2D eigenvalue weighted by molar-refractivity contribution is -0.134. The molecule has 0 saturated carbocycles. The van der Waals surface area contributed by atoms with E-state index in [4.69, 9.17) is 27.9 Å². The van der Waals surface area contributed by atoms with Crippen molar-refractivity contribution in [1.29, 1.82) is 0 Å². The van der Waals surface area contributed by atoms with Crippen molar-refractivity contribution in [3.8, 4) is 5.75 Å². The summed E-state index contributed by atoms with van der Waals surface area (Å²) in [6.45, 7) is 5.63. The summed E-state index contributed by atoms with van der Waals surface area (Å²) in [6, 6.07) is 12.0. The largest absolute Gasteiger partial charge is 0.496 e. The van der Waals surface area contributed by atoms with Crippen LogP contribution >= 0.6 is 23.2 Å². The number of carbonyl (C=O) groups is 4. The smallest absolute Gasteiger partial charge is 0.334 e. The number of para-hydroxylation sites is 1. The van der Waals surface area contributed by atoms with Crippen molar-refractivity contribution >= 4 is 47.0 Å². The van der Waals surface area contributed by atoms with Gasteiger partial charge in [0, 0.05) is 59.2 Å². The highest BCUT2D eigenvalue weighted by atomic mass is 35.5. The molecule has 0 aliphatic carbocycles. The maximum absolute atomic E-state index is 13.6. The molecule has 4 N–H and O–H groups in total. The second-order valence-corrected chi connectivity index (χ2v) is 12.3. The predicted molar refractivity (Wildman–Crippen MR) is 174 cm³/mol. The number of hydrogen-bond acceptors (Lipinski definition) is 7. The molecule has 0 spiro atoms. The van der Waals surface area contributed by atoms with Gasteiger partial charge >= 0.3 is 11.9 Å². The van der Waals surface area contributed by atoms with Crippen LogP contribution in [0.3, 0.4) is 0 Å². The van der Waals surface area contributed by atoms with Crippen LogP contribution in [0.5, 0.6) is 5.75 Å². The number of aliphatic carboxylic acids is 2. The van der Waals surface area contributed by atoms with Crippen LogP contribution in [-0.2, 0) is 25.6 Å². The molecule has 1 fully saturated rings. The number of piperazine rings is 1. The first-order valence-corrected chi connectivity index (χ1v) is 15.7. The van der Waals surface area contributed by atoms with Crippen molar-refractivity contribution < 1.29 is 34.1 Å². The topological polar surface area (TPSA) is 149 Å². The zero-order chi connectivity index (χ0) is 33.5. The highest BCUT2D eigenvalue weighted by Crippen LogP contribution is 2.45. The number of nitrogens with one attached hydrogen (secondary N) is 2. The van der Waals surface area contributed by atoms with Gasteiger partial charge in [-0.2, -0.15) is 0 Å². The Hall–Kier alpha value is -4.06. The monoisotopic (exact) mass is 672 g/mol. The minimum atomic E-state index is -1.40.